The molecular weight excluding hydrogens is 356 g/mol. The van der Waals surface area contributed by atoms with E-state index in [9.17, 15) is 13.2 Å². The van der Waals surface area contributed by atoms with Gasteiger partial charge in [-0.3, -0.25) is 4.79 Å². The molecule has 26 heavy (non-hydrogen) atoms. The third-order valence-corrected chi connectivity index (χ3v) is 7.52. The van der Waals surface area contributed by atoms with Gasteiger partial charge in [0.1, 0.15) is 5.76 Å². The summed E-state index contributed by atoms with van der Waals surface area (Å²) in [6.45, 7) is 6.88. The van der Waals surface area contributed by atoms with E-state index < -0.39 is 10.2 Å². The van der Waals surface area contributed by atoms with Crippen LogP contribution in [0.15, 0.2) is 10.6 Å². The van der Waals surface area contributed by atoms with E-state index in [0.717, 1.165) is 18.6 Å². The van der Waals surface area contributed by atoms with Crippen molar-refractivity contribution in [2.24, 2.45) is 0 Å². The Bertz CT molecular complexity index is 740. The van der Waals surface area contributed by atoms with Crippen molar-refractivity contribution in [1.82, 2.24) is 19.1 Å². The Balaban J connectivity index is 1.58. The Hall–Kier alpha value is -1.45. The maximum atomic E-state index is 12.7. The first-order valence-corrected chi connectivity index (χ1v) is 10.8. The molecule has 2 heterocycles. The zero-order valence-electron chi connectivity index (χ0n) is 15.6. The van der Waals surface area contributed by atoms with Crippen LogP contribution in [0.2, 0.25) is 0 Å². The summed E-state index contributed by atoms with van der Waals surface area (Å²) >= 11 is 0. The van der Waals surface area contributed by atoms with Gasteiger partial charge in [-0.25, -0.2) is 0 Å². The zero-order chi connectivity index (χ0) is 18.9. The second-order valence-electron chi connectivity index (χ2n) is 7.14. The average Bonchev–Trinajstić information content (AvgIpc) is 3.32. The van der Waals surface area contributed by atoms with Crippen LogP contribution in [0.5, 0.6) is 0 Å². The van der Waals surface area contributed by atoms with E-state index >= 15 is 0 Å². The van der Waals surface area contributed by atoms with E-state index in [1.807, 2.05) is 20.8 Å². The minimum absolute atomic E-state index is 0.0678. The van der Waals surface area contributed by atoms with E-state index in [2.05, 4.69) is 10.5 Å². The molecule has 0 bridgehead atoms. The highest BCUT2D eigenvalue weighted by molar-refractivity contribution is 7.86. The number of nitrogens with one attached hydrogen (secondary N) is 1. The molecule has 1 N–H and O–H groups in total. The van der Waals surface area contributed by atoms with Crippen LogP contribution < -0.4 is 5.32 Å². The molecule has 8 nitrogen and oxygen atoms in total. The lowest BCUT2D eigenvalue weighted by Crippen LogP contribution is -2.54. The van der Waals surface area contributed by atoms with Gasteiger partial charge in [-0.15, -0.1) is 0 Å². The lowest BCUT2D eigenvalue weighted by Gasteiger charge is -2.39. The molecular formula is C17H28N4O4S. The Morgan fingerprint density at radius 2 is 2.04 bits per heavy atom. The van der Waals surface area contributed by atoms with Crippen LogP contribution in [0, 0.1) is 0 Å². The van der Waals surface area contributed by atoms with E-state index in [0.29, 0.717) is 44.1 Å². The lowest BCUT2D eigenvalue weighted by atomic mass is 10.0. The minimum atomic E-state index is -3.45. The van der Waals surface area contributed by atoms with Crippen molar-refractivity contribution in [1.29, 1.82) is 0 Å². The number of piperidine rings is 1. The Morgan fingerprint density at radius 3 is 2.62 bits per heavy atom. The maximum Gasteiger partial charge on any atom is 0.282 e. The second-order valence-corrected chi connectivity index (χ2v) is 9.02. The molecule has 1 aromatic rings. The molecule has 1 aromatic heterocycles. The highest BCUT2D eigenvalue weighted by Crippen LogP contribution is 2.40. The molecule has 1 saturated heterocycles. The molecule has 0 aromatic carbocycles. The Morgan fingerprint density at radius 1 is 1.35 bits per heavy atom. The highest BCUT2D eigenvalue weighted by atomic mass is 32.2. The third kappa shape index (κ3) is 3.94. The maximum absolute atomic E-state index is 12.7. The van der Waals surface area contributed by atoms with Crippen molar-refractivity contribution >= 4 is 16.1 Å². The van der Waals surface area contributed by atoms with Crippen molar-refractivity contribution in [2.45, 2.75) is 64.5 Å². The quantitative estimate of drug-likeness (QED) is 0.772. The first-order valence-electron chi connectivity index (χ1n) is 9.41. The van der Waals surface area contributed by atoms with Gasteiger partial charge in [0.2, 0.25) is 0 Å². The van der Waals surface area contributed by atoms with Crippen molar-refractivity contribution in [3.05, 3.63) is 17.5 Å². The summed E-state index contributed by atoms with van der Waals surface area (Å²) < 4.78 is 33.7. The summed E-state index contributed by atoms with van der Waals surface area (Å²) in [4.78, 5) is 12.4. The molecule has 0 radical (unpaired) electrons. The molecule has 2 atom stereocenters. The van der Waals surface area contributed by atoms with Gasteiger partial charge in [0, 0.05) is 43.7 Å². The monoisotopic (exact) mass is 384 g/mol. The first-order chi connectivity index (χ1) is 12.4. The molecule has 0 spiro atoms. The second kappa shape index (κ2) is 7.66. The van der Waals surface area contributed by atoms with Crippen molar-refractivity contribution < 1.29 is 17.7 Å². The SMILES string of the molecule is CCN(CC)S(=O)(=O)N1CC[C@H](NC(=O)c2cc(C3CC3)on2)C[C@@H]1C. The average molecular weight is 385 g/mol. The summed E-state index contributed by atoms with van der Waals surface area (Å²) in [5.41, 5.74) is 0.303. The number of rotatable bonds is 7. The lowest BCUT2D eigenvalue weighted by molar-refractivity contribution is 0.0904. The van der Waals surface area contributed by atoms with Gasteiger partial charge in [-0.2, -0.15) is 17.0 Å². The fourth-order valence-corrected chi connectivity index (χ4v) is 5.36. The van der Waals surface area contributed by atoms with E-state index in [1.165, 1.54) is 4.31 Å². The molecule has 1 aliphatic carbocycles. The van der Waals surface area contributed by atoms with Crippen LogP contribution in [-0.4, -0.2) is 59.8 Å². The summed E-state index contributed by atoms with van der Waals surface area (Å²) in [5.74, 6) is 0.944. The van der Waals surface area contributed by atoms with E-state index in [-0.39, 0.29) is 18.0 Å². The molecule has 2 aliphatic rings. The number of carbonyl (C=O) groups is 1. The van der Waals surface area contributed by atoms with Crippen LogP contribution in [0.25, 0.3) is 0 Å². The molecule has 0 unspecified atom stereocenters. The van der Waals surface area contributed by atoms with Crippen LogP contribution in [0.4, 0.5) is 0 Å². The van der Waals surface area contributed by atoms with E-state index in [4.69, 9.17) is 4.52 Å². The number of carbonyl (C=O) groups excluding carboxylic acids is 1. The van der Waals surface area contributed by atoms with Gasteiger partial charge in [-0.05, 0) is 32.6 Å². The van der Waals surface area contributed by atoms with Gasteiger partial charge in [0.25, 0.3) is 16.1 Å². The summed E-state index contributed by atoms with van der Waals surface area (Å²) in [5, 5.41) is 6.83. The normalized spacial score (nSPS) is 24.8. The van der Waals surface area contributed by atoms with Gasteiger partial charge in [0.05, 0.1) is 0 Å². The number of aromatic nitrogens is 1. The Kier molecular flexibility index (Phi) is 5.69. The molecule has 146 valence electrons. The first kappa shape index (κ1) is 19.3. The number of hydrogen-bond donors (Lipinski definition) is 1. The predicted molar refractivity (Wildman–Crippen MR) is 97.0 cm³/mol. The fraction of sp³-hybridized carbons (Fsp3) is 0.765. The molecule has 9 heteroatoms. The van der Waals surface area contributed by atoms with Crippen LogP contribution in [-0.2, 0) is 10.2 Å². The van der Waals surface area contributed by atoms with Gasteiger partial charge >= 0.3 is 0 Å². The van der Waals surface area contributed by atoms with Gasteiger partial charge < -0.3 is 9.84 Å². The third-order valence-electron chi connectivity index (χ3n) is 5.22. The number of hydrogen-bond acceptors (Lipinski definition) is 5. The summed E-state index contributed by atoms with van der Waals surface area (Å²) in [6.07, 6.45) is 3.35. The largest absolute Gasteiger partial charge is 0.360 e. The fourth-order valence-electron chi connectivity index (χ4n) is 3.54. The molecule has 2 fully saturated rings. The molecule has 1 saturated carbocycles. The van der Waals surface area contributed by atoms with Crippen LogP contribution in [0.1, 0.15) is 68.6 Å². The van der Waals surface area contributed by atoms with Crippen LogP contribution >= 0.6 is 0 Å². The topological polar surface area (TPSA) is 95.8 Å². The summed E-state index contributed by atoms with van der Waals surface area (Å²) in [7, 11) is -3.45. The smallest absolute Gasteiger partial charge is 0.282 e. The number of amides is 1. The van der Waals surface area contributed by atoms with Crippen molar-refractivity contribution in [2.75, 3.05) is 19.6 Å². The predicted octanol–water partition coefficient (Wildman–Crippen LogP) is 1.72. The molecule has 3 rings (SSSR count). The standard InChI is InChI=1S/C17H28N4O4S/c1-4-20(5-2)26(23,24)21-9-8-14(10-12(21)3)18-17(22)15-11-16(25-19-15)13-6-7-13/h11-14H,4-10H2,1-3H3,(H,18,22)/t12-,14-/m0/s1. The van der Waals surface area contributed by atoms with Crippen LogP contribution in [0.3, 0.4) is 0 Å². The summed E-state index contributed by atoms with van der Waals surface area (Å²) in [6, 6.07) is 1.48. The number of nitrogens with zero attached hydrogens (tertiary/aromatic N) is 3. The zero-order valence-corrected chi connectivity index (χ0v) is 16.5. The minimum Gasteiger partial charge on any atom is -0.360 e. The Labute approximate surface area is 155 Å². The molecule has 1 amide bonds. The highest BCUT2D eigenvalue weighted by Gasteiger charge is 2.37. The van der Waals surface area contributed by atoms with Crippen molar-refractivity contribution in [3.63, 3.8) is 0 Å². The molecule has 1 aliphatic heterocycles. The van der Waals surface area contributed by atoms with Crippen molar-refractivity contribution in [3.8, 4) is 0 Å². The van der Waals surface area contributed by atoms with Gasteiger partial charge in [0.15, 0.2) is 5.69 Å². The van der Waals surface area contributed by atoms with E-state index in [1.54, 1.807) is 10.4 Å². The van der Waals surface area contributed by atoms with Gasteiger partial charge in [-0.1, -0.05) is 19.0 Å².